The maximum Gasteiger partial charge on any atom is 0.265 e. The van der Waals surface area contributed by atoms with Crippen molar-refractivity contribution in [2.24, 2.45) is 0 Å². The number of benzene rings is 1. The molecule has 2 aromatic rings. The fraction of sp³-hybridized carbons (Fsp3) is 0.286. The predicted molar refractivity (Wildman–Crippen MR) is 82.5 cm³/mol. The Labute approximate surface area is 129 Å². The number of aryl methyl sites for hydroxylation is 1. The van der Waals surface area contributed by atoms with Gasteiger partial charge >= 0.3 is 0 Å². The molecule has 0 saturated carbocycles. The van der Waals surface area contributed by atoms with Crippen LogP contribution in [0.3, 0.4) is 0 Å². The standard InChI is InChI=1S/C14H13BrN2O2S/c1-2-8-12(15)14(18)17-13(16-8)10-7-20-11-6-4-3-5-9(11)19-10/h3-6,10H,2,7H2,1H3,(H,16,17,18). The van der Waals surface area contributed by atoms with E-state index >= 15 is 0 Å². The Morgan fingerprint density at radius 1 is 1.50 bits per heavy atom. The lowest BCUT2D eigenvalue weighted by molar-refractivity contribution is 0.209. The normalized spacial score (nSPS) is 17.4. The van der Waals surface area contributed by atoms with E-state index in [9.17, 15) is 4.79 Å². The van der Waals surface area contributed by atoms with E-state index in [0.717, 1.165) is 22.1 Å². The maximum absolute atomic E-state index is 11.9. The van der Waals surface area contributed by atoms with Crippen molar-refractivity contribution in [3.05, 3.63) is 50.6 Å². The Bertz CT molecular complexity index is 702. The van der Waals surface area contributed by atoms with Crippen molar-refractivity contribution in [3.63, 3.8) is 0 Å². The highest BCUT2D eigenvalue weighted by atomic mass is 79.9. The van der Waals surface area contributed by atoms with Crippen molar-refractivity contribution in [1.29, 1.82) is 0 Å². The second-order valence-electron chi connectivity index (χ2n) is 4.43. The lowest BCUT2D eigenvalue weighted by Gasteiger charge is -2.25. The minimum atomic E-state index is -0.221. The first-order valence-corrected chi connectivity index (χ1v) is 8.14. The summed E-state index contributed by atoms with van der Waals surface area (Å²) in [5.74, 6) is 2.18. The van der Waals surface area contributed by atoms with Crippen LogP contribution in [-0.4, -0.2) is 15.7 Å². The third-order valence-corrected chi connectivity index (χ3v) is 5.03. The molecule has 0 amide bonds. The van der Waals surface area contributed by atoms with Crippen molar-refractivity contribution in [1.82, 2.24) is 9.97 Å². The van der Waals surface area contributed by atoms with Gasteiger partial charge in [-0.1, -0.05) is 19.1 Å². The van der Waals surface area contributed by atoms with Crippen LogP contribution < -0.4 is 10.3 Å². The van der Waals surface area contributed by atoms with Crippen LogP contribution in [0.25, 0.3) is 0 Å². The zero-order valence-corrected chi connectivity index (χ0v) is 13.3. The van der Waals surface area contributed by atoms with Crippen LogP contribution in [0.2, 0.25) is 0 Å². The summed E-state index contributed by atoms with van der Waals surface area (Å²) in [4.78, 5) is 20.3. The molecule has 3 rings (SSSR count). The van der Waals surface area contributed by atoms with Gasteiger partial charge in [-0.15, -0.1) is 11.8 Å². The van der Waals surface area contributed by atoms with Crippen molar-refractivity contribution in [2.45, 2.75) is 24.3 Å². The highest BCUT2D eigenvalue weighted by molar-refractivity contribution is 9.10. The molecule has 20 heavy (non-hydrogen) atoms. The van der Waals surface area contributed by atoms with Crippen LogP contribution in [0.4, 0.5) is 0 Å². The first-order chi connectivity index (χ1) is 9.69. The smallest absolute Gasteiger partial charge is 0.265 e. The molecular weight excluding hydrogens is 340 g/mol. The summed E-state index contributed by atoms with van der Waals surface area (Å²) in [6.45, 7) is 1.97. The first kappa shape index (κ1) is 13.7. The van der Waals surface area contributed by atoms with Gasteiger partial charge in [-0.2, -0.15) is 0 Å². The van der Waals surface area contributed by atoms with Gasteiger partial charge in [-0.3, -0.25) is 4.79 Å². The number of thioether (sulfide) groups is 1. The van der Waals surface area contributed by atoms with Crippen LogP contribution in [0.1, 0.15) is 24.5 Å². The second-order valence-corrected chi connectivity index (χ2v) is 6.28. The van der Waals surface area contributed by atoms with Crippen LogP contribution in [0, 0.1) is 0 Å². The number of fused-ring (bicyclic) bond motifs is 1. The van der Waals surface area contributed by atoms with Gasteiger partial charge in [0.05, 0.1) is 5.69 Å². The van der Waals surface area contributed by atoms with Crippen LogP contribution in [0.5, 0.6) is 5.75 Å². The molecule has 0 spiro atoms. The van der Waals surface area contributed by atoms with Gasteiger partial charge in [-0.25, -0.2) is 4.98 Å². The fourth-order valence-electron chi connectivity index (χ4n) is 2.07. The van der Waals surface area contributed by atoms with Gasteiger partial charge in [0, 0.05) is 10.6 Å². The summed E-state index contributed by atoms with van der Waals surface area (Å²) in [5.41, 5.74) is 0.607. The number of halogens is 1. The van der Waals surface area contributed by atoms with E-state index in [1.807, 2.05) is 31.2 Å². The van der Waals surface area contributed by atoms with Gasteiger partial charge in [0.2, 0.25) is 0 Å². The lowest BCUT2D eigenvalue weighted by atomic mass is 10.3. The van der Waals surface area contributed by atoms with E-state index < -0.39 is 0 Å². The van der Waals surface area contributed by atoms with E-state index in [4.69, 9.17) is 4.74 Å². The minimum Gasteiger partial charge on any atom is -0.480 e. The van der Waals surface area contributed by atoms with Crippen LogP contribution >= 0.6 is 27.7 Å². The number of para-hydroxylation sites is 1. The number of aromatic amines is 1. The van der Waals surface area contributed by atoms with Crippen LogP contribution in [0.15, 0.2) is 38.4 Å². The van der Waals surface area contributed by atoms with Crippen molar-refractivity contribution in [2.75, 3.05) is 5.75 Å². The number of nitrogens with one attached hydrogen (secondary N) is 1. The van der Waals surface area contributed by atoms with Crippen molar-refractivity contribution >= 4 is 27.7 Å². The molecule has 1 aromatic carbocycles. The number of hydrogen-bond donors (Lipinski definition) is 1. The predicted octanol–water partition coefficient (Wildman–Crippen LogP) is 3.32. The molecule has 0 bridgehead atoms. The summed E-state index contributed by atoms with van der Waals surface area (Å²) < 4.78 is 6.45. The molecule has 0 saturated heterocycles. The molecule has 0 fully saturated rings. The fourth-order valence-corrected chi connectivity index (χ4v) is 3.52. The molecule has 0 radical (unpaired) electrons. The SMILES string of the molecule is CCc1nc(C2CSc3ccccc3O2)[nH]c(=O)c1Br. The van der Waals surface area contributed by atoms with E-state index in [-0.39, 0.29) is 11.7 Å². The molecule has 104 valence electrons. The largest absolute Gasteiger partial charge is 0.480 e. The molecule has 1 aliphatic heterocycles. The lowest BCUT2D eigenvalue weighted by Crippen LogP contribution is -2.23. The van der Waals surface area contributed by atoms with Gasteiger partial charge in [0.15, 0.2) is 11.9 Å². The summed E-state index contributed by atoms with van der Waals surface area (Å²) in [6, 6.07) is 7.90. The number of aromatic nitrogens is 2. The molecule has 0 aliphatic carbocycles. The maximum atomic E-state index is 11.9. The van der Waals surface area contributed by atoms with Crippen molar-refractivity contribution < 1.29 is 4.74 Å². The number of nitrogens with zero attached hydrogens (tertiary/aromatic N) is 1. The average molecular weight is 353 g/mol. The van der Waals surface area contributed by atoms with E-state index in [1.165, 1.54) is 0 Å². The number of ether oxygens (including phenoxy) is 1. The monoisotopic (exact) mass is 352 g/mol. The molecule has 1 N–H and O–H groups in total. The third kappa shape index (κ3) is 2.50. The number of rotatable bonds is 2. The summed E-state index contributed by atoms with van der Waals surface area (Å²) in [7, 11) is 0. The van der Waals surface area contributed by atoms with Gasteiger partial charge in [0.25, 0.3) is 5.56 Å². The minimum absolute atomic E-state index is 0.153. The molecule has 4 nitrogen and oxygen atoms in total. The Balaban J connectivity index is 1.96. The second kappa shape index (κ2) is 5.61. The van der Waals surface area contributed by atoms with Gasteiger partial charge < -0.3 is 9.72 Å². The average Bonchev–Trinajstić information content (AvgIpc) is 2.49. The molecule has 1 unspecified atom stereocenters. The van der Waals surface area contributed by atoms with Gasteiger partial charge in [-0.05, 0) is 34.5 Å². The molecular formula is C14H13BrN2O2S. The Kier molecular flexibility index (Phi) is 3.85. The van der Waals surface area contributed by atoms with Crippen LogP contribution in [-0.2, 0) is 6.42 Å². The zero-order chi connectivity index (χ0) is 14.1. The van der Waals surface area contributed by atoms with E-state index in [2.05, 4.69) is 25.9 Å². The third-order valence-electron chi connectivity index (χ3n) is 3.10. The topological polar surface area (TPSA) is 55.0 Å². The first-order valence-electron chi connectivity index (χ1n) is 6.36. The molecule has 1 aromatic heterocycles. The van der Waals surface area contributed by atoms with E-state index in [0.29, 0.717) is 16.7 Å². The Hall–Kier alpha value is -1.27. The summed E-state index contributed by atoms with van der Waals surface area (Å²) in [6.07, 6.45) is 0.481. The van der Waals surface area contributed by atoms with E-state index in [1.54, 1.807) is 11.8 Å². The molecule has 1 aliphatic rings. The Morgan fingerprint density at radius 3 is 3.10 bits per heavy atom. The van der Waals surface area contributed by atoms with Gasteiger partial charge in [0.1, 0.15) is 10.2 Å². The van der Waals surface area contributed by atoms with Crippen molar-refractivity contribution in [3.8, 4) is 5.75 Å². The quantitative estimate of drug-likeness (QED) is 0.900. The highest BCUT2D eigenvalue weighted by Gasteiger charge is 2.24. The molecule has 1 atom stereocenters. The molecule has 6 heteroatoms. The zero-order valence-electron chi connectivity index (χ0n) is 10.9. The molecule has 2 heterocycles. The number of hydrogen-bond acceptors (Lipinski definition) is 4. The summed E-state index contributed by atoms with van der Waals surface area (Å²) >= 11 is 4.99. The highest BCUT2D eigenvalue weighted by Crippen LogP contribution is 2.39. The number of H-pyrrole nitrogens is 1. The Morgan fingerprint density at radius 2 is 2.30 bits per heavy atom. The summed E-state index contributed by atoms with van der Waals surface area (Å²) in [5, 5.41) is 0.